The summed E-state index contributed by atoms with van der Waals surface area (Å²) in [5, 5.41) is 10.1. The molecule has 0 bridgehead atoms. The van der Waals surface area contributed by atoms with Gasteiger partial charge >= 0.3 is 0 Å². The molecule has 0 heterocycles. The summed E-state index contributed by atoms with van der Waals surface area (Å²) < 4.78 is 0. The summed E-state index contributed by atoms with van der Waals surface area (Å²) in [6, 6.07) is 26.5. The lowest BCUT2D eigenvalue weighted by Crippen LogP contribution is -1.97. The molecule has 3 heteroatoms. The number of nitrogens with one attached hydrogen (secondary N) is 3. The molecular weight excluding hydrogens is 330 g/mol. The maximum atomic E-state index is 3.79. The van der Waals surface area contributed by atoms with Gasteiger partial charge in [0.15, 0.2) is 0 Å². The van der Waals surface area contributed by atoms with Crippen LogP contribution < -0.4 is 16.0 Å². The SMILES string of the molecule is C=C/C=C(\C=C)Nc1ccc(Nc2ccc(Nc3ccccc3)cc2)cc1. The zero-order valence-corrected chi connectivity index (χ0v) is 15.2. The predicted octanol–water partition coefficient (Wildman–Crippen LogP) is 6.84. The molecule has 0 aromatic heterocycles. The van der Waals surface area contributed by atoms with E-state index in [0.717, 1.165) is 34.1 Å². The third kappa shape index (κ3) is 5.38. The summed E-state index contributed by atoms with van der Waals surface area (Å²) in [4.78, 5) is 0. The molecule has 0 aliphatic carbocycles. The van der Waals surface area contributed by atoms with E-state index in [2.05, 4.69) is 53.4 Å². The molecule has 0 saturated heterocycles. The first kappa shape index (κ1) is 18.1. The van der Waals surface area contributed by atoms with E-state index in [1.54, 1.807) is 12.2 Å². The Morgan fingerprint density at radius 3 is 1.48 bits per heavy atom. The number of allylic oxidation sites excluding steroid dienone is 3. The first-order valence-corrected chi connectivity index (χ1v) is 8.78. The first-order valence-electron chi connectivity index (χ1n) is 8.78. The molecule has 0 aliphatic rings. The minimum atomic E-state index is 0.909. The van der Waals surface area contributed by atoms with Gasteiger partial charge in [-0.15, -0.1) is 0 Å². The van der Waals surface area contributed by atoms with Crippen molar-refractivity contribution in [3.8, 4) is 0 Å². The highest BCUT2D eigenvalue weighted by Crippen LogP contribution is 2.23. The van der Waals surface area contributed by atoms with Crippen LogP contribution in [0.4, 0.5) is 28.4 Å². The second kappa shape index (κ2) is 9.11. The summed E-state index contributed by atoms with van der Waals surface area (Å²) in [5.74, 6) is 0. The molecule has 134 valence electrons. The minimum absolute atomic E-state index is 0.909. The Hall–Kier alpha value is -3.72. The number of hydrogen-bond donors (Lipinski definition) is 3. The smallest absolute Gasteiger partial charge is 0.0385 e. The number of hydrogen-bond acceptors (Lipinski definition) is 3. The zero-order chi connectivity index (χ0) is 18.9. The summed E-state index contributed by atoms with van der Waals surface area (Å²) >= 11 is 0. The van der Waals surface area contributed by atoms with Crippen LogP contribution in [0.1, 0.15) is 0 Å². The van der Waals surface area contributed by atoms with Crippen molar-refractivity contribution in [2.75, 3.05) is 16.0 Å². The lowest BCUT2D eigenvalue weighted by atomic mass is 10.2. The van der Waals surface area contributed by atoms with Gasteiger partial charge in [-0.05, 0) is 72.8 Å². The van der Waals surface area contributed by atoms with Crippen molar-refractivity contribution in [2.45, 2.75) is 0 Å². The molecule has 0 spiro atoms. The van der Waals surface area contributed by atoms with Crippen molar-refractivity contribution < 1.29 is 0 Å². The molecule has 0 radical (unpaired) electrons. The van der Waals surface area contributed by atoms with Crippen molar-refractivity contribution in [2.24, 2.45) is 0 Å². The summed E-state index contributed by atoms with van der Waals surface area (Å²) in [5.41, 5.74) is 6.09. The van der Waals surface area contributed by atoms with Gasteiger partial charge in [0.25, 0.3) is 0 Å². The Morgan fingerprint density at radius 2 is 1.04 bits per heavy atom. The lowest BCUT2D eigenvalue weighted by Gasteiger charge is -2.11. The van der Waals surface area contributed by atoms with E-state index >= 15 is 0 Å². The van der Waals surface area contributed by atoms with Crippen LogP contribution in [0.2, 0.25) is 0 Å². The molecule has 3 N–H and O–H groups in total. The largest absolute Gasteiger partial charge is 0.356 e. The monoisotopic (exact) mass is 353 g/mol. The van der Waals surface area contributed by atoms with Crippen LogP contribution in [0.3, 0.4) is 0 Å². The Morgan fingerprint density at radius 1 is 0.593 bits per heavy atom. The van der Waals surface area contributed by atoms with Crippen LogP contribution in [0.25, 0.3) is 0 Å². The summed E-state index contributed by atoms with van der Waals surface area (Å²) in [6.07, 6.45) is 5.37. The average molecular weight is 353 g/mol. The average Bonchev–Trinajstić information content (AvgIpc) is 2.71. The van der Waals surface area contributed by atoms with Gasteiger partial charge in [-0.3, -0.25) is 0 Å². The van der Waals surface area contributed by atoms with Crippen LogP contribution >= 0.6 is 0 Å². The minimum Gasteiger partial charge on any atom is -0.356 e. The van der Waals surface area contributed by atoms with E-state index in [0.29, 0.717) is 0 Å². The molecule has 27 heavy (non-hydrogen) atoms. The quantitative estimate of drug-likeness (QED) is 0.388. The van der Waals surface area contributed by atoms with Crippen LogP contribution in [-0.4, -0.2) is 0 Å². The van der Waals surface area contributed by atoms with E-state index in [1.807, 2.05) is 60.7 Å². The molecule has 0 saturated carbocycles. The Kier molecular flexibility index (Phi) is 6.10. The van der Waals surface area contributed by atoms with Crippen LogP contribution in [0.5, 0.6) is 0 Å². The predicted molar refractivity (Wildman–Crippen MR) is 118 cm³/mol. The molecule has 0 aliphatic heterocycles. The van der Waals surface area contributed by atoms with Crippen LogP contribution in [0, 0.1) is 0 Å². The summed E-state index contributed by atoms with van der Waals surface area (Å²) in [6.45, 7) is 7.49. The van der Waals surface area contributed by atoms with Crippen molar-refractivity contribution in [3.63, 3.8) is 0 Å². The highest BCUT2D eigenvalue weighted by atomic mass is 14.9. The molecule has 0 amide bonds. The Labute approximate surface area is 160 Å². The number of anilines is 5. The van der Waals surface area contributed by atoms with E-state index in [-0.39, 0.29) is 0 Å². The summed E-state index contributed by atoms with van der Waals surface area (Å²) in [7, 11) is 0. The normalized spacial score (nSPS) is 10.7. The standard InChI is InChI=1S/C24H23N3/c1-3-8-19(4-2)25-21-11-13-23(14-12-21)27-24-17-15-22(16-18-24)26-20-9-6-5-7-10-20/h3-18,25-27H,1-2H2/b19-8+. The van der Waals surface area contributed by atoms with Crippen molar-refractivity contribution in [1.29, 1.82) is 0 Å². The molecule has 0 unspecified atom stereocenters. The number of rotatable bonds is 8. The third-order valence-corrected chi connectivity index (χ3v) is 3.93. The molecule has 3 aromatic carbocycles. The number of para-hydroxylation sites is 1. The zero-order valence-electron chi connectivity index (χ0n) is 15.2. The van der Waals surface area contributed by atoms with Crippen molar-refractivity contribution in [1.82, 2.24) is 0 Å². The Bertz CT molecular complexity index is 908. The molecular formula is C24H23N3. The second-order valence-corrected chi connectivity index (χ2v) is 5.96. The van der Waals surface area contributed by atoms with Gasteiger partial charge in [-0.2, -0.15) is 0 Å². The maximum Gasteiger partial charge on any atom is 0.0385 e. The first-order chi connectivity index (χ1) is 13.3. The van der Waals surface area contributed by atoms with Crippen molar-refractivity contribution >= 4 is 28.4 Å². The van der Waals surface area contributed by atoms with Gasteiger partial charge in [0.2, 0.25) is 0 Å². The van der Waals surface area contributed by atoms with Crippen LogP contribution in [-0.2, 0) is 0 Å². The fourth-order valence-electron chi connectivity index (χ4n) is 2.58. The maximum absolute atomic E-state index is 3.79. The fraction of sp³-hybridized carbons (Fsp3) is 0. The van der Waals surface area contributed by atoms with E-state index in [9.17, 15) is 0 Å². The lowest BCUT2D eigenvalue weighted by molar-refractivity contribution is 1.47. The van der Waals surface area contributed by atoms with Gasteiger partial charge in [0.1, 0.15) is 0 Å². The highest BCUT2D eigenvalue weighted by Gasteiger charge is 1.99. The van der Waals surface area contributed by atoms with Gasteiger partial charge < -0.3 is 16.0 Å². The van der Waals surface area contributed by atoms with E-state index in [1.165, 1.54) is 0 Å². The molecule has 3 nitrogen and oxygen atoms in total. The number of benzene rings is 3. The van der Waals surface area contributed by atoms with Gasteiger partial charge in [-0.25, -0.2) is 0 Å². The van der Waals surface area contributed by atoms with E-state index < -0.39 is 0 Å². The molecule has 3 rings (SSSR count). The third-order valence-electron chi connectivity index (χ3n) is 3.93. The molecule has 0 fully saturated rings. The fourth-order valence-corrected chi connectivity index (χ4v) is 2.58. The van der Waals surface area contributed by atoms with Gasteiger partial charge in [0.05, 0.1) is 0 Å². The topological polar surface area (TPSA) is 36.1 Å². The Balaban J connectivity index is 1.61. The van der Waals surface area contributed by atoms with Gasteiger partial charge in [-0.1, -0.05) is 37.4 Å². The molecule has 3 aromatic rings. The van der Waals surface area contributed by atoms with Crippen molar-refractivity contribution in [3.05, 3.63) is 116 Å². The molecule has 0 atom stereocenters. The second-order valence-electron chi connectivity index (χ2n) is 5.96. The van der Waals surface area contributed by atoms with Crippen LogP contribution in [0.15, 0.2) is 116 Å². The van der Waals surface area contributed by atoms with E-state index in [4.69, 9.17) is 0 Å². The highest BCUT2D eigenvalue weighted by molar-refractivity contribution is 5.67. The van der Waals surface area contributed by atoms with Gasteiger partial charge in [0, 0.05) is 34.1 Å².